The van der Waals surface area contributed by atoms with Crippen molar-refractivity contribution >= 4 is 32.4 Å². The van der Waals surface area contributed by atoms with E-state index in [1.807, 2.05) is 11.4 Å². The second-order valence-corrected chi connectivity index (χ2v) is 6.43. The summed E-state index contributed by atoms with van der Waals surface area (Å²) in [7, 11) is -0.742. The van der Waals surface area contributed by atoms with Crippen LogP contribution in [0.3, 0.4) is 0 Å². The third-order valence-electron chi connectivity index (χ3n) is 2.44. The first-order valence-corrected chi connectivity index (χ1v) is 8.24. The van der Waals surface area contributed by atoms with E-state index in [0.717, 1.165) is 18.5 Å². The van der Waals surface area contributed by atoms with Crippen LogP contribution >= 0.6 is 11.3 Å². The standard InChI is InChI=1S/C11H15N3O2S2/c1-18(16)6-2-4-12-7-9-13-8-3-5-17-10(8)11(15)14-9/h3,5,12H,2,4,6-7H2,1H3,(H,13,14,15). The molecule has 2 aromatic heterocycles. The monoisotopic (exact) mass is 285 g/mol. The normalized spacial score (nSPS) is 12.9. The molecule has 0 amide bonds. The zero-order valence-electron chi connectivity index (χ0n) is 10.1. The number of aromatic amines is 1. The van der Waals surface area contributed by atoms with Crippen LogP contribution in [-0.4, -0.2) is 32.7 Å². The zero-order chi connectivity index (χ0) is 13.0. The summed E-state index contributed by atoms with van der Waals surface area (Å²) in [5.74, 6) is 1.34. The van der Waals surface area contributed by atoms with Gasteiger partial charge in [-0.25, -0.2) is 4.98 Å². The van der Waals surface area contributed by atoms with Crippen LogP contribution in [0.15, 0.2) is 16.2 Å². The largest absolute Gasteiger partial charge is 0.310 e. The van der Waals surface area contributed by atoms with Gasteiger partial charge in [-0.2, -0.15) is 0 Å². The molecule has 0 saturated carbocycles. The van der Waals surface area contributed by atoms with Crippen molar-refractivity contribution in [3.63, 3.8) is 0 Å². The van der Waals surface area contributed by atoms with Crippen molar-refractivity contribution in [1.82, 2.24) is 15.3 Å². The Kier molecular flexibility index (Phi) is 4.62. The first kappa shape index (κ1) is 13.4. The lowest BCUT2D eigenvalue weighted by Crippen LogP contribution is -2.20. The lowest BCUT2D eigenvalue weighted by atomic mass is 10.4. The number of nitrogens with one attached hydrogen (secondary N) is 2. The summed E-state index contributed by atoms with van der Waals surface area (Å²) in [4.78, 5) is 18.8. The Morgan fingerprint density at radius 1 is 1.56 bits per heavy atom. The summed E-state index contributed by atoms with van der Waals surface area (Å²) >= 11 is 1.40. The van der Waals surface area contributed by atoms with E-state index in [9.17, 15) is 9.00 Å². The quantitative estimate of drug-likeness (QED) is 0.771. The molecule has 2 heterocycles. The summed E-state index contributed by atoms with van der Waals surface area (Å²) in [5.41, 5.74) is 0.664. The van der Waals surface area contributed by atoms with Gasteiger partial charge in [-0.15, -0.1) is 11.3 Å². The molecule has 0 spiro atoms. The lowest BCUT2D eigenvalue weighted by molar-refractivity contribution is 0.645. The van der Waals surface area contributed by atoms with E-state index < -0.39 is 10.8 Å². The Hall–Kier alpha value is -1.05. The molecular weight excluding hydrogens is 270 g/mol. The minimum absolute atomic E-state index is 0.0820. The first-order chi connectivity index (χ1) is 8.66. The molecule has 0 saturated heterocycles. The second-order valence-electron chi connectivity index (χ2n) is 3.96. The van der Waals surface area contributed by atoms with E-state index in [1.165, 1.54) is 11.3 Å². The van der Waals surface area contributed by atoms with Crippen LogP contribution < -0.4 is 10.9 Å². The molecule has 2 rings (SSSR count). The van der Waals surface area contributed by atoms with E-state index in [0.29, 0.717) is 22.8 Å². The third kappa shape index (κ3) is 3.47. The molecule has 0 radical (unpaired) electrons. The second kappa shape index (κ2) is 6.21. The number of rotatable bonds is 6. The molecular formula is C11H15N3O2S2. The first-order valence-electron chi connectivity index (χ1n) is 5.64. The highest BCUT2D eigenvalue weighted by molar-refractivity contribution is 7.84. The van der Waals surface area contributed by atoms with Crippen LogP contribution in [0.1, 0.15) is 12.2 Å². The number of nitrogens with zero attached hydrogens (tertiary/aromatic N) is 1. The smallest absolute Gasteiger partial charge is 0.268 e. The fourth-order valence-corrected chi connectivity index (χ4v) is 2.89. The molecule has 0 aliphatic heterocycles. The Morgan fingerprint density at radius 3 is 3.17 bits per heavy atom. The number of hydrogen-bond donors (Lipinski definition) is 2. The number of hydrogen-bond acceptors (Lipinski definition) is 5. The molecule has 0 aromatic carbocycles. The van der Waals surface area contributed by atoms with Gasteiger partial charge in [0.25, 0.3) is 5.56 Å². The summed E-state index contributed by atoms with van der Waals surface area (Å²) in [6.07, 6.45) is 2.55. The molecule has 1 atom stereocenters. The van der Waals surface area contributed by atoms with Crippen molar-refractivity contribution in [3.05, 3.63) is 27.6 Å². The SMILES string of the molecule is CS(=O)CCCNCc1nc2ccsc2c(=O)[nH]1. The molecule has 7 heteroatoms. The molecule has 2 N–H and O–H groups in total. The van der Waals surface area contributed by atoms with E-state index in [2.05, 4.69) is 15.3 Å². The summed E-state index contributed by atoms with van der Waals surface area (Å²) in [6, 6.07) is 1.85. The number of aromatic nitrogens is 2. The van der Waals surface area contributed by atoms with Crippen LogP contribution in [0.5, 0.6) is 0 Å². The molecule has 0 bridgehead atoms. The van der Waals surface area contributed by atoms with E-state index in [-0.39, 0.29) is 5.56 Å². The van der Waals surface area contributed by atoms with Gasteiger partial charge in [0.15, 0.2) is 0 Å². The molecule has 1 unspecified atom stereocenters. The molecule has 0 aliphatic rings. The number of H-pyrrole nitrogens is 1. The Labute approximate surface area is 111 Å². The van der Waals surface area contributed by atoms with Gasteiger partial charge in [0, 0.05) is 22.8 Å². The maximum absolute atomic E-state index is 11.7. The van der Waals surface area contributed by atoms with Gasteiger partial charge in [0.1, 0.15) is 10.5 Å². The van der Waals surface area contributed by atoms with Crippen molar-refractivity contribution in [1.29, 1.82) is 0 Å². The fraction of sp³-hybridized carbons (Fsp3) is 0.455. The predicted octanol–water partition coefficient (Wildman–Crippen LogP) is 0.843. The van der Waals surface area contributed by atoms with Crippen molar-refractivity contribution in [3.8, 4) is 0 Å². The minimum atomic E-state index is -0.742. The lowest BCUT2D eigenvalue weighted by Gasteiger charge is -2.03. The van der Waals surface area contributed by atoms with Crippen molar-refractivity contribution < 1.29 is 4.21 Å². The van der Waals surface area contributed by atoms with Crippen LogP contribution in [-0.2, 0) is 17.3 Å². The van der Waals surface area contributed by atoms with E-state index in [1.54, 1.807) is 6.26 Å². The van der Waals surface area contributed by atoms with Gasteiger partial charge in [-0.1, -0.05) is 0 Å². The highest BCUT2D eigenvalue weighted by atomic mass is 32.2. The minimum Gasteiger partial charge on any atom is -0.310 e. The predicted molar refractivity (Wildman–Crippen MR) is 75.5 cm³/mol. The average molecular weight is 285 g/mol. The Morgan fingerprint density at radius 2 is 2.39 bits per heavy atom. The van der Waals surface area contributed by atoms with Crippen LogP contribution in [0, 0.1) is 0 Å². The van der Waals surface area contributed by atoms with Crippen molar-refractivity contribution in [2.24, 2.45) is 0 Å². The van der Waals surface area contributed by atoms with E-state index >= 15 is 0 Å². The maximum atomic E-state index is 11.7. The van der Waals surface area contributed by atoms with Gasteiger partial charge >= 0.3 is 0 Å². The Bertz CT molecular complexity index is 606. The van der Waals surface area contributed by atoms with Crippen LogP contribution in [0.2, 0.25) is 0 Å². The molecule has 0 fully saturated rings. The third-order valence-corrected chi connectivity index (χ3v) is 4.21. The Balaban J connectivity index is 1.91. The molecule has 5 nitrogen and oxygen atoms in total. The zero-order valence-corrected chi connectivity index (χ0v) is 11.7. The van der Waals surface area contributed by atoms with Gasteiger partial charge in [-0.3, -0.25) is 9.00 Å². The topological polar surface area (TPSA) is 74.8 Å². The van der Waals surface area contributed by atoms with Gasteiger partial charge < -0.3 is 10.3 Å². The average Bonchev–Trinajstić information content (AvgIpc) is 2.77. The maximum Gasteiger partial charge on any atom is 0.268 e. The number of fused-ring (bicyclic) bond motifs is 1. The van der Waals surface area contributed by atoms with Gasteiger partial charge in [-0.05, 0) is 24.4 Å². The summed E-state index contributed by atoms with van der Waals surface area (Å²) in [5, 5.41) is 5.04. The van der Waals surface area contributed by atoms with Gasteiger partial charge in [0.05, 0.1) is 12.1 Å². The summed E-state index contributed by atoms with van der Waals surface area (Å²) < 4.78 is 11.5. The van der Waals surface area contributed by atoms with Crippen molar-refractivity contribution in [2.45, 2.75) is 13.0 Å². The molecule has 18 heavy (non-hydrogen) atoms. The highest BCUT2D eigenvalue weighted by Gasteiger charge is 2.04. The van der Waals surface area contributed by atoms with Crippen molar-refractivity contribution in [2.75, 3.05) is 18.6 Å². The van der Waals surface area contributed by atoms with Crippen LogP contribution in [0.4, 0.5) is 0 Å². The number of thiophene rings is 1. The van der Waals surface area contributed by atoms with Gasteiger partial charge in [0.2, 0.25) is 0 Å². The molecule has 0 aliphatic carbocycles. The van der Waals surface area contributed by atoms with Crippen LogP contribution in [0.25, 0.3) is 10.2 Å². The molecule has 2 aromatic rings. The highest BCUT2D eigenvalue weighted by Crippen LogP contribution is 2.13. The van der Waals surface area contributed by atoms with E-state index in [4.69, 9.17) is 0 Å². The summed E-state index contributed by atoms with van der Waals surface area (Å²) in [6.45, 7) is 1.29. The fourth-order valence-electron chi connectivity index (χ4n) is 1.61. The molecule has 98 valence electrons.